The predicted octanol–water partition coefficient (Wildman–Crippen LogP) is 5.97. The molecule has 0 spiro atoms. The number of hydrogen-bond acceptors (Lipinski definition) is 3. The molecule has 0 saturated heterocycles. The highest BCUT2D eigenvalue weighted by atomic mass is 19.4. The molecule has 4 nitrogen and oxygen atoms in total. The van der Waals surface area contributed by atoms with E-state index in [2.05, 4.69) is 11.6 Å². The number of hydrogen-bond donors (Lipinski definition) is 1. The first-order valence-corrected chi connectivity index (χ1v) is 8.74. The number of nitrogens with zero attached hydrogens (tertiary/aromatic N) is 2. The largest absolute Gasteiger partial charge is 0.507 e. The quantitative estimate of drug-likeness (QED) is 0.434. The van der Waals surface area contributed by atoms with E-state index in [1.807, 2.05) is 6.92 Å². The van der Waals surface area contributed by atoms with Crippen LogP contribution in [0.5, 0.6) is 5.75 Å². The Labute approximate surface area is 167 Å². The van der Waals surface area contributed by atoms with Crippen LogP contribution in [0.1, 0.15) is 35.6 Å². The fraction of sp³-hybridized carbons (Fsp3) is 0.182. The molecule has 152 valence electrons. The lowest BCUT2D eigenvalue weighted by Crippen LogP contribution is -2.07. The zero-order valence-electron chi connectivity index (χ0n) is 16.3. The molecule has 0 radical (unpaired) electrons. The molecule has 0 aliphatic rings. The van der Waals surface area contributed by atoms with Crippen LogP contribution in [0.4, 0.5) is 13.2 Å². The Kier molecular flexibility index (Phi) is 6.64. The molecule has 0 fully saturated rings. The summed E-state index contributed by atoms with van der Waals surface area (Å²) in [5.74, 6) is -0.118. The SMILES string of the molecule is C=CC.CC(=O)c1cccc(-n2c(C)ccc2-c2cc(C(F)(F)F)ccc2O)n1. The minimum atomic E-state index is -4.53. The van der Waals surface area contributed by atoms with Crippen LogP contribution in [0.15, 0.2) is 61.2 Å². The summed E-state index contributed by atoms with van der Waals surface area (Å²) in [5, 5.41) is 10.1. The van der Waals surface area contributed by atoms with E-state index in [1.54, 1.807) is 47.9 Å². The van der Waals surface area contributed by atoms with E-state index < -0.39 is 11.7 Å². The molecule has 0 aliphatic heterocycles. The van der Waals surface area contributed by atoms with Crippen molar-refractivity contribution in [1.29, 1.82) is 0 Å². The Morgan fingerprint density at radius 1 is 1.17 bits per heavy atom. The normalized spacial score (nSPS) is 10.8. The van der Waals surface area contributed by atoms with Gasteiger partial charge >= 0.3 is 6.18 Å². The van der Waals surface area contributed by atoms with E-state index in [4.69, 9.17) is 0 Å². The number of phenols is 1. The van der Waals surface area contributed by atoms with Gasteiger partial charge in [-0.15, -0.1) is 6.58 Å². The van der Waals surface area contributed by atoms with Gasteiger partial charge in [-0.2, -0.15) is 13.2 Å². The Bertz CT molecular complexity index is 1040. The van der Waals surface area contributed by atoms with Crippen molar-refractivity contribution in [2.45, 2.75) is 26.9 Å². The van der Waals surface area contributed by atoms with Crippen LogP contribution >= 0.6 is 0 Å². The highest BCUT2D eigenvalue weighted by molar-refractivity contribution is 5.92. The lowest BCUT2D eigenvalue weighted by molar-refractivity contribution is -0.137. The second kappa shape index (κ2) is 8.77. The Hall–Kier alpha value is -3.35. The molecule has 1 N–H and O–H groups in total. The third-order valence-corrected chi connectivity index (χ3v) is 4.00. The standard InChI is InChI=1S/C19H15F3N2O2.C3H6/c1-11-6-8-16(14-10-13(19(20,21)22)7-9-17(14)26)24(11)18-5-3-4-15(23-18)12(2)25;1-3-2/h3-10,26H,1-2H3;3H,1H2,2H3. The Balaban J connectivity index is 0.000000941. The number of allylic oxidation sites excluding steroid dienone is 1. The molecule has 1 aromatic carbocycles. The van der Waals surface area contributed by atoms with Crippen LogP contribution in [0, 0.1) is 6.92 Å². The second-order valence-corrected chi connectivity index (χ2v) is 6.27. The topological polar surface area (TPSA) is 55.1 Å². The molecule has 0 bridgehead atoms. The first-order valence-electron chi connectivity index (χ1n) is 8.74. The van der Waals surface area contributed by atoms with Crippen LogP contribution in [-0.4, -0.2) is 20.4 Å². The van der Waals surface area contributed by atoms with Crippen molar-refractivity contribution in [2.24, 2.45) is 0 Å². The molecule has 0 aliphatic carbocycles. The number of ketones is 1. The number of benzene rings is 1. The first kappa shape index (κ1) is 21.9. The highest BCUT2D eigenvalue weighted by Crippen LogP contribution is 2.38. The second-order valence-electron chi connectivity index (χ2n) is 6.27. The Morgan fingerprint density at radius 3 is 2.41 bits per heavy atom. The molecule has 2 heterocycles. The van der Waals surface area contributed by atoms with E-state index >= 15 is 0 Å². The van der Waals surface area contributed by atoms with E-state index in [1.165, 1.54) is 6.92 Å². The lowest BCUT2D eigenvalue weighted by atomic mass is 10.1. The maximum Gasteiger partial charge on any atom is 0.416 e. The van der Waals surface area contributed by atoms with Crippen LogP contribution in [0.2, 0.25) is 0 Å². The number of alkyl halides is 3. The van der Waals surface area contributed by atoms with Crippen molar-refractivity contribution in [3.63, 3.8) is 0 Å². The van der Waals surface area contributed by atoms with Crippen molar-refractivity contribution in [2.75, 3.05) is 0 Å². The number of carbonyl (C=O) groups is 1. The van der Waals surface area contributed by atoms with Crippen LogP contribution in [0.3, 0.4) is 0 Å². The number of Topliss-reactive ketones (excluding diaryl/α,β-unsaturated/α-hetero) is 1. The molecule has 3 rings (SSSR count). The van der Waals surface area contributed by atoms with E-state index in [-0.39, 0.29) is 22.8 Å². The fourth-order valence-electron chi connectivity index (χ4n) is 2.71. The molecule has 0 saturated carbocycles. The molecule has 3 aromatic rings. The number of rotatable bonds is 3. The van der Waals surface area contributed by atoms with Gasteiger partial charge in [0.25, 0.3) is 0 Å². The number of aryl methyl sites for hydroxylation is 1. The summed E-state index contributed by atoms with van der Waals surface area (Å²) < 4.78 is 40.7. The van der Waals surface area contributed by atoms with Gasteiger partial charge in [-0.1, -0.05) is 12.1 Å². The van der Waals surface area contributed by atoms with Crippen LogP contribution in [0.25, 0.3) is 17.1 Å². The van der Waals surface area contributed by atoms with Crippen LogP contribution in [-0.2, 0) is 6.18 Å². The molecule has 0 amide bonds. The zero-order valence-corrected chi connectivity index (χ0v) is 16.3. The van der Waals surface area contributed by atoms with E-state index in [0.29, 0.717) is 17.2 Å². The summed E-state index contributed by atoms with van der Waals surface area (Å²) in [5.41, 5.74) is 0.461. The monoisotopic (exact) mass is 402 g/mol. The van der Waals surface area contributed by atoms with E-state index in [9.17, 15) is 23.1 Å². The molecule has 0 atom stereocenters. The van der Waals surface area contributed by atoms with Crippen molar-refractivity contribution in [1.82, 2.24) is 9.55 Å². The average Bonchev–Trinajstić information content (AvgIpc) is 3.03. The zero-order chi connectivity index (χ0) is 21.8. The number of pyridine rings is 1. The summed E-state index contributed by atoms with van der Waals surface area (Å²) in [6, 6.07) is 10.9. The third-order valence-electron chi connectivity index (χ3n) is 4.00. The van der Waals surface area contributed by atoms with Gasteiger partial charge in [0.1, 0.15) is 17.3 Å². The number of carbonyl (C=O) groups excluding carboxylic acids is 1. The number of phenolic OH excluding ortho intramolecular Hbond substituents is 1. The summed E-state index contributed by atoms with van der Waals surface area (Å²) in [6.45, 7) is 8.39. The summed E-state index contributed by atoms with van der Waals surface area (Å²) >= 11 is 0. The maximum atomic E-state index is 13.0. The van der Waals surface area contributed by atoms with Gasteiger partial charge in [0.2, 0.25) is 0 Å². The number of halogens is 3. The van der Waals surface area contributed by atoms with Gasteiger partial charge in [-0.05, 0) is 56.3 Å². The predicted molar refractivity (Wildman–Crippen MR) is 106 cm³/mol. The van der Waals surface area contributed by atoms with Gasteiger partial charge in [0.15, 0.2) is 5.78 Å². The minimum Gasteiger partial charge on any atom is -0.507 e. The molecule has 7 heteroatoms. The van der Waals surface area contributed by atoms with Gasteiger partial charge in [0.05, 0.1) is 11.3 Å². The van der Waals surface area contributed by atoms with Crippen molar-refractivity contribution in [3.8, 4) is 22.8 Å². The number of aromatic hydroxyl groups is 1. The van der Waals surface area contributed by atoms with Crippen molar-refractivity contribution >= 4 is 5.78 Å². The van der Waals surface area contributed by atoms with Crippen LogP contribution < -0.4 is 0 Å². The summed E-state index contributed by atoms with van der Waals surface area (Å²) in [6.07, 6.45) is -2.78. The highest BCUT2D eigenvalue weighted by Gasteiger charge is 2.31. The molecular formula is C22H21F3N2O2. The first-order chi connectivity index (χ1) is 13.6. The number of aromatic nitrogens is 2. The third kappa shape index (κ3) is 4.93. The van der Waals surface area contributed by atoms with Crippen molar-refractivity contribution in [3.05, 3.63) is 78.1 Å². The van der Waals surface area contributed by atoms with Gasteiger partial charge in [-0.25, -0.2) is 4.98 Å². The minimum absolute atomic E-state index is 0.0305. The van der Waals surface area contributed by atoms with E-state index in [0.717, 1.165) is 18.2 Å². The Morgan fingerprint density at radius 2 is 1.83 bits per heavy atom. The van der Waals surface area contributed by atoms with Gasteiger partial charge < -0.3 is 5.11 Å². The fourth-order valence-corrected chi connectivity index (χ4v) is 2.71. The molecule has 2 aromatic heterocycles. The smallest absolute Gasteiger partial charge is 0.416 e. The van der Waals surface area contributed by atoms with Gasteiger partial charge in [0, 0.05) is 18.2 Å². The summed E-state index contributed by atoms with van der Waals surface area (Å²) in [7, 11) is 0. The average molecular weight is 402 g/mol. The molecule has 0 unspecified atom stereocenters. The lowest BCUT2D eigenvalue weighted by Gasteiger charge is -2.14. The van der Waals surface area contributed by atoms with Gasteiger partial charge in [-0.3, -0.25) is 9.36 Å². The molecular weight excluding hydrogens is 381 g/mol. The summed E-state index contributed by atoms with van der Waals surface area (Å²) in [4.78, 5) is 15.9. The maximum absolute atomic E-state index is 13.0. The van der Waals surface area contributed by atoms with Crippen molar-refractivity contribution < 1.29 is 23.1 Å². The molecule has 29 heavy (non-hydrogen) atoms.